The second-order valence-corrected chi connectivity index (χ2v) is 2.58. The first kappa shape index (κ1) is 7.49. The van der Waals surface area contributed by atoms with Crippen molar-refractivity contribution >= 4 is 0 Å². The van der Waals surface area contributed by atoms with Crippen molar-refractivity contribution in [2.45, 2.75) is 19.0 Å². The van der Waals surface area contributed by atoms with Crippen LogP contribution in [0.2, 0.25) is 0 Å². The third kappa shape index (κ3) is 1.68. The molecule has 1 aliphatic rings. The standard InChI is InChI=1S/C7H11FN2/c8-7-2-4-10-3-1-6(7)5-9/h6-7,10H,1-4H2. The molecule has 56 valence electrons. The maximum absolute atomic E-state index is 12.8. The summed E-state index contributed by atoms with van der Waals surface area (Å²) in [4.78, 5) is 0. The molecule has 1 heterocycles. The van der Waals surface area contributed by atoms with Crippen LogP contribution < -0.4 is 5.32 Å². The molecule has 0 amide bonds. The Kier molecular flexibility index (Phi) is 2.64. The quantitative estimate of drug-likeness (QED) is 0.544. The van der Waals surface area contributed by atoms with Gasteiger partial charge in [-0.15, -0.1) is 0 Å². The van der Waals surface area contributed by atoms with Crippen LogP contribution in [0.3, 0.4) is 0 Å². The summed E-state index contributed by atoms with van der Waals surface area (Å²) in [5, 5.41) is 11.5. The number of nitriles is 1. The van der Waals surface area contributed by atoms with Crippen molar-refractivity contribution in [2.75, 3.05) is 13.1 Å². The molecule has 2 atom stereocenters. The van der Waals surface area contributed by atoms with Crippen molar-refractivity contribution < 1.29 is 4.39 Å². The third-order valence-electron chi connectivity index (χ3n) is 1.83. The van der Waals surface area contributed by atoms with Crippen molar-refractivity contribution in [3.8, 4) is 6.07 Å². The highest BCUT2D eigenvalue weighted by molar-refractivity contribution is 4.90. The monoisotopic (exact) mass is 142 g/mol. The summed E-state index contributed by atoms with van der Waals surface area (Å²) in [6, 6.07) is 1.98. The average Bonchev–Trinajstić information content (AvgIpc) is 2.13. The Hall–Kier alpha value is -0.620. The largest absolute Gasteiger partial charge is 0.317 e. The molecule has 2 unspecified atom stereocenters. The van der Waals surface area contributed by atoms with Gasteiger partial charge >= 0.3 is 0 Å². The Balaban J connectivity index is 2.45. The van der Waals surface area contributed by atoms with Gasteiger partial charge in [-0.25, -0.2) is 4.39 Å². The zero-order valence-corrected chi connectivity index (χ0v) is 5.81. The van der Waals surface area contributed by atoms with Crippen molar-refractivity contribution in [3.05, 3.63) is 0 Å². The first-order valence-electron chi connectivity index (χ1n) is 3.59. The van der Waals surface area contributed by atoms with Crippen LogP contribution in [0.15, 0.2) is 0 Å². The van der Waals surface area contributed by atoms with Crippen LogP contribution >= 0.6 is 0 Å². The van der Waals surface area contributed by atoms with Gasteiger partial charge in [-0.05, 0) is 25.9 Å². The van der Waals surface area contributed by atoms with Gasteiger partial charge in [-0.1, -0.05) is 0 Å². The molecule has 0 radical (unpaired) electrons. The van der Waals surface area contributed by atoms with Crippen molar-refractivity contribution in [2.24, 2.45) is 5.92 Å². The van der Waals surface area contributed by atoms with Crippen LogP contribution in [0.1, 0.15) is 12.8 Å². The Labute approximate surface area is 60.0 Å². The van der Waals surface area contributed by atoms with E-state index < -0.39 is 6.17 Å². The Morgan fingerprint density at radius 3 is 2.80 bits per heavy atom. The van der Waals surface area contributed by atoms with Crippen LogP contribution in [0.4, 0.5) is 4.39 Å². The molecular weight excluding hydrogens is 131 g/mol. The van der Waals surface area contributed by atoms with Gasteiger partial charge in [0.2, 0.25) is 0 Å². The predicted octanol–water partition coefficient (Wildman–Crippen LogP) is 0.848. The molecular formula is C7H11FN2. The minimum Gasteiger partial charge on any atom is -0.317 e. The Morgan fingerprint density at radius 1 is 1.40 bits per heavy atom. The van der Waals surface area contributed by atoms with Gasteiger partial charge in [0.15, 0.2) is 0 Å². The SMILES string of the molecule is N#CC1CCNCCC1F. The zero-order chi connectivity index (χ0) is 7.40. The summed E-state index contributed by atoms with van der Waals surface area (Å²) in [5.41, 5.74) is 0. The van der Waals surface area contributed by atoms with Crippen LogP contribution in [0.5, 0.6) is 0 Å². The maximum atomic E-state index is 12.8. The number of alkyl halides is 1. The molecule has 1 saturated heterocycles. The van der Waals surface area contributed by atoms with E-state index in [2.05, 4.69) is 5.32 Å². The second-order valence-electron chi connectivity index (χ2n) is 2.58. The summed E-state index contributed by atoms with van der Waals surface area (Å²) in [6.07, 6.45) is 0.218. The van der Waals surface area contributed by atoms with Gasteiger partial charge in [0.05, 0.1) is 12.0 Å². The molecule has 0 aliphatic carbocycles. The smallest absolute Gasteiger partial charge is 0.117 e. The maximum Gasteiger partial charge on any atom is 0.117 e. The second kappa shape index (κ2) is 3.52. The van der Waals surface area contributed by atoms with Gasteiger partial charge in [-0.2, -0.15) is 5.26 Å². The lowest BCUT2D eigenvalue weighted by Gasteiger charge is -2.07. The summed E-state index contributed by atoms with van der Waals surface area (Å²) in [6.45, 7) is 1.48. The zero-order valence-electron chi connectivity index (χ0n) is 5.81. The summed E-state index contributed by atoms with van der Waals surface area (Å²) >= 11 is 0. The fourth-order valence-corrected chi connectivity index (χ4v) is 1.15. The first-order chi connectivity index (χ1) is 4.84. The lowest BCUT2D eigenvalue weighted by molar-refractivity contribution is 0.260. The van der Waals surface area contributed by atoms with Crippen LogP contribution in [0, 0.1) is 17.2 Å². The number of rotatable bonds is 0. The van der Waals surface area contributed by atoms with Crippen LogP contribution in [-0.2, 0) is 0 Å². The first-order valence-corrected chi connectivity index (χ1v) is 3.59. The Morgan fingerprint density at radius 2 is 2.10 bits per heavy atom. The van der Waals surface area contributed by atoms with Crippen LogP contribution in [-0.4, -0.2) is 19.3 Å². The van der Waals surface area contributed by atoms with E-state index >= 15 is 0 Å². The Bertz CT molecular complexity index is 141. The lowest BCUT2D eigenvalue weighted by Crippen LogP contribution is -2.14. The predicted molar refractivity (Wildman–Crippen MR) is 36.1 cm³/mol. The minimum atomic E-state index is -0.917. The molecule has 0 spiro atoms. The van der Waals surface area contributed by atoms with E-state index in [4.69, 9.17) is 5.26 Å². The van der Waals surface area contributed by atoms with Gasteiger partial charge in [-0.3, -0.25) is 0 Å². The van der Waals surface area contributed by atoms with E-state index in [1.165, 1.54) is 0 Å². The highest BCUT2D eigenvalue weighted by atomic mass is 19.1. The van der Waals surface area contributed by atoms with Gasteiger partial charge < -0.3 is 5.32 Å². The van der Waals surface area contributed by atoms with Gasteiger partial charge in [0.1, 0.15) is 6.17 Å². The van der Waals surface area contributed by atoms with E-state index in [1.54, 1.807) is 0 Å². The van der Waals surface area contributed by atoms with E-state index in [9.17, 15) is 4.39 Å². The number of hydrogen-bond donors (Lipinski definition) is 1. The summed E-state index contributed by atoms with van der Waals surface area (Å²) < 4.78 is 12.8. The number of hydrogen-bond acceptors (Lipinski definition) is 2. The van der Waals surface area contributed by atoms with E-state index in [0.29, 0.717) is 19.4 Å². The lowest BCUT2D eigenvalue weighted by atomic mass is 10.0. The molecule has 1 aliphatic heterocycles. The number of nitrogens with zero attached hydrogens (tertiary/aromatic N) is 1. The summed E-state index contributed by atoms with van der Waals surface area (Å²) in [5.74, 6) is -0.380. The van der Waals surface area contributed by atoms with Crippen molar-refractivity contribution in [3.63, 3.8) is 0 Å². The topological polar surface area (TPSA) is 35.8 Å². The van der Waals surface area contributed by atoms with Gasteiger partial charge in [0, 0.05) is 0 Å². The number of nitrogens with one attached hydrogen (secondary N) is 1. The van der Waals surface area contributed by atoms with Crippen LogP contribution in [0.25, 0.3) is 0 Å². The number of halogens is 1. The van der Waals surface area contributed by atoms with Crippen molar-refractivity contribution in [1.29, 1.82) is 5.26 Å². The van der Waals surface area contributed by atoms with E-state index in [0.717, 1.165) is 6.54 Å². The minimum absolute atomic E-state index is 0.380. The highest BCUT2D eigenvalue weighted by Gasteiger charge is 2.21. The van der Waals surface area contributed by atoms with E-state index in [-0.39, 0.29) is 5.92 Å². The molecule has 1 fully saturated rings. The third-order valence-corrected chi connectivity index (χ3v) is 1.83. The average molecular weight is 142 g/mol. The molecule has 1 rings (SSSR count). The normalized spacial score (nSPS) is 34.4. The molecule has 0 bridgehead atoms. The highest BCUT2D eigenvalue weighted by Crippen LogP contribution is 2.16. The molecule has 0 aromatic rings. The molecule has 0 aromatic carbocycles. The molecule has 3 heteroatoms. The van der Waals surface area contributed by atoms with Gasteiger partial charge in [0.25, 0.3) is 0 Å². The summed E-state index contributed by atoms with van der Waals surface area (Å²) in [7, 11) is 0. The molecule has 10 heavy (non-hydrogen) atoms. The fourth-order valence-electron chi connectivity index (χ4n) is 1.15. The molecule has 0 saturated carbocycles. The van der Waals surface area contributed by atoms with E-state index in [1.807, 2.05) is 6.07 Å². The molecule has 1 N–H and O–H groups in total. The molecule has 0 aromatic heterocycles. The molecule has 2 nitrogen and oxygen atoms in total. The van der Waals surface area contributed by atoms with Crippen molar-refractivity contribution in [1.82, 2.24) is 5.32 Å². The fraction of sp³-hybridized carbons (Fsp3) is 0.857.